The Morgan fingerprint density at radius 1 is 1.40 bits per heavy atom. The molecule has 1 aliphatic rings. The highest BCUT2D eigenvalue weighted by molar-refractivity contribution is 7.99. The van der Waals surface area contributed by atoms with Crippen molar-refractivity contribution >= 4 is 29.5 Å². The predicted octanol–water partition coefficient (Wildman–Crippen LogP) is 1.76. The molecule has 3 rings (SSSR count). The molecular formula is C15H14N4O5S. The SMILES string of the molecule is O=C(NN1C(=O)CCSC1Cc1ccc([N+](=O)[O-])o1)c1ccncc1. The molecule has 1 aliphatic heterocycles. The summed E-state index contributed by atoms with van der Waals surface area (Å²) in [7, 11) is 0. The van der Waals surface area contributed by atoms with Crippen molar-refractivity contribution in [2.75, 3.05) is 5.75 Å². The van der Waals surface area contributed by atoms with Gasteiger partial charge in [0.25, 0.3) is 5.91 Å². The van der Waals surface area contributed by atoms with Crippen molar-refractivity contribution in [1.29, 1.82) is 0 Å². The second-order valence-electron chi connectivity index (χ2n) is 5.22. The lowest BCUT2D eigenvalue weighted by Gasteiger charge is -2.34. The van der Waals surface area contributed by atoms with E-state index in [9.17, 15) is 19.7 Å². The van der Waals surface area contributed by atoms with Gasteiger partial charge in [-0.05, 0) is 18.2 Å². The maximum atomic E-state index is 12.3. The molecule has 10 heteroatoms. The molecule has 1 N–H and O–H groups in total. The fourth-order valence-corrected chi connectivity index (χ4v) is 3.51. The quantitative estimate of drug-likeness (QED) is 0.636. The third-order valence-electron chi connectivity index (χ3n) is 3.55. The number of aromatic nitrogens is 1. The molecule has 1 unspecified atom stereocenters. The van der Waals surface area contributed by atoms with Crippen molar-refractivity contribution in [2.45, 2.75) is 18.2 Å². The lowest BCUT2D eigenvalue weighted by molar-refractivity contribution is -0.402. The van der Waals surface area contributed by atoms with Crippen LogP contribution in [0.15, 0.2) is 41.1 Å². The van der Waals surface area contributed by atoms with Crippen LogP contribution in [-0.4, -0.2) is 37.9 Å². The topological polar surface area (TPSA) is 119 Å². The molecule has 2 aromatic rings. The van der Waals surface area contributed by atoms with Crippen LogP contribution in [0.25, 0.3) is 0 Å². The highest BCUT2D eigenvalue weighted by Crippen LogP contribution is 2.27. The van der Waals surface area contributed by atoms with E-state index in [1.54, 1.807) is 12.1 Å². The minimum atomic E-state index is -0.619. The summed E-state index contributed by atoms with van der Waals surface area (Å²) in [5, 5.41) is 11.6. The van der Waals surface area contributed by atoms with E-state index in [1.807, 2.05) is 0 Å². The molecule has 0 saturated carbocycles. The van der Waals surface area contributed by atoms with Crippen LogP contribution < -0.4 is 5.43 Å². The van der Waals surface area contributed by atoms with Crippen LogP contribution >= 0.6 is 11.8 Å². The van der Waals surface area contributed by atoms with Crippen LogP contribution in [0.2, 0.25) is 0 Å². The van der Waals surface area contributed by atoms with Gasteiger partial charge in [0.15, 0.2) is 0 Å². The normalized spacial score (nSPS) is 17.4. The number of hydrogen-bond acceptors (Lipinski definition) is 7. The number of hydrogen-bond donors (Lipinski definition) is 1. The van der Waals surface area contributed by atoms with Gasteiger partial charge in [-0.15, -0.1) is 11.8 Å². The third kappa shape index (κ3) is 3.97. The average molecular weight is 362 g/mol. The van der Waals surface area contributed by atoms with Gasteiger partial charge in [-0.3, -0.25) is 30.1 Å². The van der Waals surface area contributed by atoms with E-state index in [4.69, 9.17) is 4.42 Å². The Balaban J connectivity index is 1.73. The van der Waals surface area contributed by atoms with Gasteiger partial charge in [0.1, 0.15) is 16.1 Å². The first-order chi connectivity index (χ1) is 12.0. The first-order valence-electron chi connectivity index (χ1n) is 7.42. The van der Waals surface area contributed by atoms with Gasteiger partial charge >= 0.3 is 5.88 Å². The number of nitrogens with zero attached hydrogens (tertiary/aromatic N) is 3. The Morgan fingerprint density at radius 3 is 2.84 bits per heavy atom. The molecule has 130 valence electrons. The molecular weight excluding hydrogens is 348 g/mol. The Labute approximate surface area is 146 Å². The van der Waals surface area contributed by atoms with Gasteiger partial charge in [-0.2, -0.15) is 0 Å². The molecule has 0 spiro atoms. The fraction of sp³-hybridized carbons (Fsp3) is 0.267. The molecule has 3 heterocycles. The Hall–Kier alpha value is -2.88. The standard InChI is InChI=1S/C15H14N4O5S/c20-12-5-8-25-14(9-11-1-2-13(24-11)19(22)23)18(12)17-15(21)10-3-6-16-7-4-10/h1-4,6-7,14H,5,8-9H2,(H,17,21). The largest absolute Gasteiger partial charge is 0.433 e. The first kappa shape index (κ1) is 17.0. The van der Waals surface area contributed by atoms with Crippen LogP contribution in [-0.2, 0) is 11.2 Å². The lowest BCUT2D eigenvalue weighted by Crippen LogP contribution is -2.53. The third-order valence-corrected chi connectivity index (χ3v) is 4.75. The lowest BCUT2D eigenvalue weighted by atomic mass is 10.2. The number of furan rings is 1. The second kappa shape index (κ2) is 7.34. The molecule has 9 nitrogen and oxygen atoms in total. The van der Waals surface area contributed by atoms with Crippen LogP contribution in [0.5, 0.6) is 0 Å². The number of carbonyl (C=O) groups excluding carboxylic acids is 2. The highest BCUT2D eigenvalue weighted by Gasteiger charge is 2.31. The Bertz CT molecular complexity index is 794. The van der Waals surface area contributed by atoms with Crippen molar-refractivity contribution in [3.8, 4) is 0 Å². The van der Waals surface area contributed by atoms with Crippen LogP contribution in [0.3, 0.4) is 0 Å². The number of carbonyl (C=O) groups is 2. The first-order valence-corrected chi connectivity index (χ1v) is 8.47. The summed E-state index contributed by atoms with van der Waals surface area (Å²) in [4.78, 5) is 38.4. The van der Waals surface area contributed by atoms with Gasteiger partial charge in [-0.1, -0.05) is 0 Å². The van der Waals surface area contributed by atoms with Crippen LogP contribution in [0.4, 0.5) is 5.88 Å². The summed E-state index contributed by atoms with van der Waals surface area (Å²) < 4.78 is 5.15. The maximum absolute atomic E-state index is 12.3. The Morgan fingerprint density at radius 2 is 2.16 bits per heavy atom. The van der Waals surface area contributed by atoms with Crippen molar-refractivity contribution in [1.82, 2.24) is 15.4 Å². The smallest absolute Gasteiger partial charge is 0.406 e. The molecule has 0 radical (unpaired) electrons. The molecule has 0 aliphatic carbocycles. The Kier molecular flexibility index (Phi) is 4.98. The number of amides is 2. The number of thioether (sulfide) groups is 1. The highest BCUT2D eigenvalue weighted by atomic mass is 32.2. The summed E-state index contributed by atoms with van der Waals surface area (Å²) in [6, 6.07) is 5.86. The van der Waals surface area contributed by atoms with Gasteiger partial charge < -0.3 is 4.42 Å². The van der Waals surface area contributed by atoms with E-state index in [1.165, 1.54) is 41.3 Å². The molecule has 1 fully saturated rings. The molecule has 0 aromatic carbocycles. The molecule has 0 bridgehead atoms. The number of nitrogens with one attached hydrogen (secondary N) is 1. The summed E-state index contributed by atoms with van der Waals surface area (Å²) in [6.45, 7) is 0. The number of hydrazine groups is 1. The maximum Gasteiger partial charge on any atom is 0.433 e. The minimum Gasteiger partial charge on any atom is -0.406 e. The van der Waals surface area contributed by atoms with E-state index in [0.29, 0.717) is 23.5 Å². The van der Waals surface area contributed by atoms with Gasteiger partial charge in [0, 0.05) is 36.6 Å². The van der Waals surface area contributed by atoms with Gasteiger partial charge in [0.2, 0.25) is 5.91 Å². The zero-order valence-electron chi connectivity index (χ0n) is 13.0. The van der Waals surface area contributed by atoms with Gasteiger partial charge in [-0.25, -0.2) is 5.01 Å². The molecule has 2 amide bonds. The van der Waals surface area contributed by atoms with Crippen LogP contribution in [0, 0.1) is 10.1 Å². The molecule has 1 saturated heterocycles. The zero-order valence-corrected chi connectivity index (χ0v) is 13.8. The van der Waals surface area contributed by atoms with E-state index >= 15 is 0 Å². The van der Waals surface area contributed by atoms with Crippen molar-refractivity contribution in [3.63, 3.8) is 0 Å². The summed E-state index contributed by atoms with van der Waals surface area (Å²) in [5.41, 5.74) is 2.99. The van der Waals surface area contributed by atoms with Crippen molar-refractivity contribution < 1.29 is 18.9 Å². The summed E-state index contributed by atoms with van der Waals surface area (Å²) in [5.74, 6) is -0.00838. The molecule has 25 heavy (non-hydrogen) atoms. The summed E-state index contributed by atoms with van der Waals surface area (Å²) in [6.07, 6.45) is 3.53. The van der Waals surface area contributed by atoms with Crippen molar-refractivity contribution in [3.05, 3.63) is 58.1 Å². The number of rotatable bonds is 5. The van der Waals surface area contributed by atoms with E-state index < -0.39 is 16.2 Å². The van der Waals surface area contributed by atoms with Crippen LogP contribution in [0.1, 0.15) is 22.5 Å². The number of nitro groups is 1. The average Bonchev–Trinajstić information content (AvgIpc) is 3.07. The molecule has 2 aromatic heterocycles. The zero-order chi connectivity index (χ0) is 17.8. The molecule has 1 atom stereocenters. The predicted molar refractivity (Wildman–Crippen MR) is 88.5 cm³/mol. The van der Waals surface area contributed by atoms with E-state index in [-0.39, 0.29) is 18.2 Å². The summed E-state index contributed by atoms with van der Waals surface area (Å²) >= 11 is 1.47. The van der Waals surface area contributed by atoms with Crippen molar-refractivity contribution in [2.24, 2.45) is 0 Å². The minimum absolute atomic E-state index is 0.216. The van der Waals surface area contributed by atoms with E-state index in [2.05, 4.69) is 10.4 Å². The van der Waals surface area contributed by atoms with E-state index in [0.717, 1.165) is 0 Å². The fourth-order valence-electron chi connectivity index (χ4n) is 2.35. The monoisotopic (exact) mass is 362 g/mol. The second-order valence-corrected chi connectivity index (χ2v) is 6.50. The number of pyridine rings is 1. The van der Waals surface area contributed by atoms with Gasteiger partial charge in [0.05, 0.1) is 6.07 Å².